The van der Waals surface area contributed by atoms with E-state index in [2.05, 4.69) is 136 Å². The molecule has 0 aromatic carbocycles. The number of rotatable bonds is 23. The van der Waals surface area contributed by atoms with E-state index in [0.29, 0.717) is 6.61 Å². The predicted octanol–water partition coefficient (Wildman–Crippen LogP) is 3.53. The number of hydrogen-bond donors (Lipinski definition) is 4. The molecule has 60 heavy (non-hydrogen) atoms. The first-order chi connectivity index (χ1) is 28.1. The zero-order valence-corrected chi connectivity index (χ0v) is 39.0. The summed E-state index contributed by atoms with van der Waals surface area (Å²) in [6.07, 6.45) is 37.4. The summed E-state index contributed by atoms with van der Waals surface area (Å²) in [6.45, 7) is 6.09. The van der Waals surface area contributed by atoms with E-state index in [9.17, 15) is 0 Å². The summed E-state index contributed by atoms with van der Waals surface area (Å²) in [5, 5.41) is 28.8. The highest BCUT2D eigenvalue weighted by molar-refractivity contribution is 9.11. The standard InChI is InChI=1S/C28H45N4O2.C10H8N2.C9H17BrNO.CH4.BrH/c1-32(2,24-10-26-34)23-8-7-18-31-21-13-28(14-22-31)27-11-19-30(20-12-27)17-6-3-4-15-29-16-5-9-25-33;1-5-11-6-2-9(1)10-3-7-12-8-4-10;1-11(2,8-5-9-12)7-4-3-6-10;;/h7-8,11-14,18-23,29,33-34H,3-6,9-10,15-17,24-26H2,1-2H3;1-8H;3-4,6-7,12H,5,8-9H2,1-2H3;1H4;1H/q+3;;+1;;/b18-7+,23-8+;;6-3+,7-4+;;. The van der Waals surface area contributed by atoms with E-state index in [1.807, 2.05) is 53.7 Å². The van der Waals surface area contributed by atoms with Crippen LogP contribution in [0.4, 0.5) is 0 Å². The average molecular weight is 958 g/mol. The fourth-order valence-corrected chi connectivity index (χ4v) is 5.96. The minimum absolute atomic E-state index is 0. The van der Waals surface area contributed by atoms with E-state index < -0.39 is 0 Å². The van der Waals surface area contributed by atoms with Gasteiger partial charge < -0.3 is 46.6 Å². The topological polar surface area (TPSA) is 111 Å². The molecule has 0 aliphatic heterocycles. The molecule has 4 aromatic rings. The maximum atomic E-state index is 9.00. The fraction of sp³-hybridized carbons (Fsp3) is 0.417. The molecule has 10 nitrogen and oxygen atoms in total. The van der Waals surface area contributed by atoms with Crippen LogP contribution in [0.3, 0.4) is 0 Å². The number of aromatic nitrogens is 4. The van der Waals surface area contributed by atoms with Crippen LogP contribution in [0.15, 0.2) is 140 Å². The lowest BCUT2D eigenvalue weighted by Crippen LogP contribution is -3.00. The largest absolute Gasteiger partial charge is 1.00 e. The lowest BCUT2D eigenvalue weighted by atomic mass is 10.1. The highest BCUT2D eigenvalue weighted by atomic mass is 79.9. The van der Waals surface area contributed by atoms with Gasteiger partial charge in [0.25, 0.3) is 0 Å². The molecular weight excluding hydrogens is 882 g/mol. The number of aliphatic hydroxyl groups excluding tert-OH is 3. The molecule has 0 aliphatic rings. The molecule has 0 aliphatic carbocycles. The van der Waals surface area contributed by atoms with Gasteiger partial charge in [0.2, 0.25) is 0 Å². The smallest absolute Gasteiger partial charge is 0.175 e. The van der Waals surface area contributed by atoms with Crippen molar-refractivity contribution < 1.29 is 55.7 Å². The van der Waals surface area contributed by atoms with E-state index in [1.165, 1.54) is 48.1 Å². The third-order valence-electron chi connectivity index (χ3n) is 9.23. The molecule has 0 saturated heterocycles. The number of pyridine rings is 4. The summed E-state index contributed by atoms with van der Waals surface area (Å²) in [5.41, 5.74) is 4.79. The molecule has 0 unspecified atom stereocenters. The summed E-state index contributed by atoms with van der Waals surface area (Å²) in [7, 11) is 8.48. The predicted molar refractivity (Wildman–Crippen MR) is 247 cm³/mol. The zero-order chi connectivity index (χ0) is 42.2. The number of nitrogens with two attached hydrogens (primary N) is 1. The second kappa shape index (κ2) is 34.9. The Kier molecular flexibility index (Phi) is 32.8. The van der Waals surface area contributed by atoms with Crippen molar-refractivity contribution in [2.45, 2.75) is 58.9 Å². The molecule has 0 atom stereocenters. The Balaban J connectivity index is 0.00000109. The van der Waals surface area contributed by atoms with Crippen LogP contribution < -0.4 is 31.4 Å². The van der Waals surface area contributed by atoms with E-state index in [-0.39, 0.29) is 37.6 Å². The third kappa shape index (κ3) is 27.2. The molecule has 0 bridgehead atoms. The van der Waals surface area contributed by atoms with Gasteiger partial charge in [0, 0.05) is 94.2 Å². The minimum Gasteiger partial charge on any atom is -1.00 e. The van der Waals surface area contributed by atoms with Crippen molar-refractivity contribution in [3.8, 4) is 22.3 Å². The quantitative estimate of drug-likeness (QED) is 0.0394. The Morgan fingerprint density at radius 1 is 0.567 bits per heavy atom. The summed E-state index contributed by atoms with van der Waals surface area (Å²) < 4.78 is 5.88. The molecular formula is C48H75Br2N7O3+4. The first kappa shape index (κ1) is 56.3. The van der Waals surface area contributed by atoms with Crippen LogP contribution in [0.2, 0.25) is 0 Å². The normalized spacial score (nSPS) is 11.5. The number of halogens is 2. The molecule has 0 saturated carbocycles. The van der Waals surface area contributed by atoms with Crippen LogP contribution in [0.25, 0.3) is 28.5 Å². The van der Waals surface area contributed by atoms with E-state index in [4.69, 9.17) is 15.3 Å². The lowest BCUT2D eigenvalue weighted by molar-refractivity contribution is -0.839. The molecule has 4 rings (SSSR count). The Hall–Kier alpha value is -3.72. The summed E-state index contributed by atoms with van der Waals surface area (Å²) >= 11 is 3.19. The van der Waals surface area contributed by atoms with Crippen molar-refractivity contribution in [1.29, 1.82) is 0 Å². The van der Waals surface area contributed by atoms with Gasteiger partial charge >= 0.3 is 0 Å². The molecule has 0 radical (unpaired) electrons. The molecule has 330 valence electrons. The van der Waals surface area contributed by atoms with Gasteiger partial charge in [0.05, 0.1) is 66.8 Å². The van der Waals surface area contributed by atoms with Crippen LogP contribution in [-0.2, 0) is 6.54 Å². The minimum atomic E-state index is 0. The highest BCUT2D eigenvalue weighted by Gasteiger charge is 2.10. The van der Waals surface area contributed by atoms with Crippen LogP contribution in [0.5, 0.6) is 0 Å². The van der Waals surface area contributed by atoms with Crippen molar-refractivity contribution in [2.75, 3.05) is 74.2 Å². The Morgan fingerprint density at radius 3 is 1.47 bits per heavy atom. The molecule has 4 aromatic heterocycles. The number of aryl methyl sites for hydroxylation is 1. The zero-order valence-electron chi connectivity index (χ0n) is 35.8. The maximum absolute atomic E-state index is 9.00. The van der Waals surface area contributed by atoms with Crippen LogP contribution in [-0.4, -0.2) is 108 Å². The van der Waals surface area contributed by atoms with Crippen molar-refractivity contribution in [1.82, 2.24) is 9.97 Å². The van der Waals surface area contributed by atoms with Gasteiger partial charge in [-0.25, -0.2) is 4.57 Å². The molecule has 5 N–H and O–H groups in total. The molecule has 4 heterocycles. The van der Waals surface area contributed by atoms with Crippen LogP contribution in [0, 0.1) is 0 Å². The van der Waals surface area contributed by atoms with Crippen molar-refractivity contribution in [2.24, 2.45) is 0 Å². The van der Waals surface area contributed by atoms with Gasteiger partial charge in [0.1, 0.15) is 6.54 Å². The van der Waals surface area contributed by atoms with Crippen molar-refractivity contribution >= 4 is 22.1 Å². The Morgan fingerprint density at radius 2 is 1.00 bits per heavy atom. The first-order valence-electron chi connectivity index (χ1n) is 20.5. The van der Waals surface area contributed by atoms with Gasteiger partial charge in [-0.3, -0.25) is 9.97 Å². The lowest BCUT2D eigenvalue weighted by Gasteiger charge is -2.24. The van der Waals surface area contributed by atoms with Crippen molar-refractivity contribution in [3.63, 3.8) is 0 Å². The number of aliphatic hydroxyl groups is 3. The highest BCUT2D eigenvalue weighted by Crippen LogP contribution is 2.16. The maximum Gasteiger partial charge on any atom is 0.175 e. The first-order valence-corrected chi connectivity index (χ1v) is 21.5. The Bertz CT molecular complexity index is 1680. The SMILES string of the molecule is C.C[N+](C)(/C=C/C=C/Br)CCCO.C[N+](C)(/C=C/C=C/[n+]1ccc(-c2cc[n+](CCCCC[NH2+]CCCCO)cc2)cc1)CCCO.[Br-].c1cc(-c2ccncc2)ccn1. The van der Waals surface area contributed by atoms with Crippen LogP contribution >= 0.6 is 15.9 Å². The number of quaternary nitrogens is 3. The molecule has 12 heteroatoms. The van der Waals surface area contributed by atoms with Gasteiger partial charge in [-0.05, 0) is 89.3 Å². The monoisotopic (exact) mass is 955 g/mol. The van der Waals surface area contributed by atoms with E-state index in [0.717, 1.165) is 60.8 Å². The van der Waals surface area contributed by atoms with Crippen LogP contribution in [0.1, 0.15) is 52.4 Å². The van der Waals surface area contributed by atoms with Gasteiger partial charge in [0.15, 0.2) is 31.0 Å². The molecule has 0 spiro atoms. The van der Waals surface area contributed by atoms with Gasteiger partial charge in [-0.1, -0.05) is 29.4 Å². The summed E-state index contributed by atoms with van der Waals surface area (Å²) in [5.74, 6) is 0. The number of unbranched alkanes of at least 4 members (excludes halogenated alkanes) is 3. The number of nitrogens with zero attached hydrogens (tertiary/aromatic N) is 6. The molecule has 0 fully saturated rings. The Labute approximate surface area is 381 Å². The summed E-state index contributed by atoms with van der Waals surface area (Å²) in [6, 6.07) is 16.6. The van der Waals surface area contributed by atoms with Crippen molar-refractivity contribution in [3.05, 3.63) is 140 Å². The second-order valence-electron chi connectivity index (χ2n) is 15.2. The summed E-state index contributed by atoms with van der Waals surface area (Å²) in [4.78, 5) is 9.73. The second-order valence-corrected chi connectivity index (χ2v) is 15.7. The molecule has 0 amide bonds. The van der Waals surface area contributed by atoms with Gasteiger partial charge in [-0.15, -0.1) is 0 Å². The number of hydrogen-bond acceptors (Lipinski definition) is 5. The van der Waals surface area contributed by atoms with E-state index in [1.54, 1.807) is 24.8 Å². The van der Waals surface area contributed by atoms with Gasteiger partial charge in [-0.2, -0.15) is 4.57 Å². The fourth-order valence-electron chi connectivity index (χ4n) is 5.78. The average Bonchev–Trinajstić information content (AvgIpc) is 3.25. The van der Waals surface area contributed by atoms with E-state index >= 15 is 0 Å². The third-order valence-corrected chi connectivity index (χ3v) is 9.53. The number of allylic oxidation sites excluding steroid dienone is 4.